The fraction of sp³-hybridized carbons (Fsp3) is 0.154. The number of nitrogens with one attached hydrogen (secondary N) is 2. The third-order valence-electron chi connectivity index (χ3n) is 5.87. The van der Waals surface area contributed by atoms with Crippen LogP contribution in [0, 0.1) is 19.7 Å². The monoisotopic (exact) mass is 522 g/mol. The van der Waals surface area contributed by atoms with Crippen LogP contribution in [0.1, 0.15) is 39.1 Å². The molecule has 0 radical (unpaired) electrons. The molecule has 7 nitrogen and oxygen atoms in total. The van der Waals surface area contributed by atoms with Gasteiger partial charge in [-0.25, -0.2) is 19.0 Å². The number of imidazole rings is 1. The van der Waals surface area contributed by atoms with Gasteiger partial charge in [-0.2, -0.15) is 5.10 Å². The maximum absolute atomic E-state index is 14.1. The first kappa shape index (κ1) is 24.0. The quantitative estimate of drug-likeness (QED) is 0.296. The van der Waals surface area contributed by atoms with Gasteiger partial charge < -0.3 is 10.3 Å². The molecule has 1 atom stereocenters. The lowest BCUT2D eigenvalue weighted by molar-refractivity contribution is 0.0952. The fourth-order valence-corrected chi connectivity index (χ4v) is 4.83. The van der Waals surface area contributed by atoms with E-state index < -0.39 is 5.91 Å². The summed E-state index contributed by atoms with van der Waals surface area (Å²) in [7, 11) is 0. The molecule has 0 aliphatic carbocycles. The van der Waals surface area contributed by atoms with Crippen molar-refractivity contribution in [1.29, 1.82) is 0 Å². The standard InChI is InChI=1S/C26H21Cl2FN6O/c1-14-31-13-35(34-14)19-10-21(27)25(22(28)11-19)26(36)30-12-20(16-4-3-5-18(29)8-16)17-6-7-23-24(9-17)33-15(2)32-23/h3-11,13,20H,12H2,1-2H3,(H,30,36)(H,32,33)/t20-/m0/s1. The zero-order valence-corrected chi connectivity index (χ0v) is 20.9. The van der Waals surface area contributed by atoms with E-state index in [1.165, 1.54) is 16.8 Å². The van der Waals surface area contributed by atoms with E-state index >= 15 is 0 Å². The lowest BCUT2D eigenvalue weighted by atomic mass is 9.90. The van der Waals surface area contributed by atoms with Gasteiger partial charge in [0.2, 0.25) is 0 Å². The maximum atomic E-state index is 14.1. The van der Waals surface area contributed by atoms with E-state index in [9.17, 15) is 9.18 Å². The van der Waals surface area contributed by atoms with Gasteiger partial charge in [0, 0.05) is 12.5 Å². The lowest BCUT2D eigenvalue weighted by Gasteiger charge is -2.20. The molecule has 0 saturated carbocycles. The summed E-state index contributed by atoms with van der Waals surface area (Å²) in [6.45, 7) is 3.84. The van der Waals surface area contributed by atoms with Crippen LogP contribution in [-0.2, 0) is 0 Å². The number of hydrogen-bond acceptors (Lipinski definition) is 4. The summed E-state index contributed by atoms with van der Waals surface area (Å²) >= 11 is 12.9. The molecule has 0 saturated heterocycles. The van der Waals surface area contributed by atoms with Gasteiger partial charge in [-0.3, -0.25) is 4.79 Å². The molecule has 0 spiro atoms. The highest BCUT2D eigenvalue weighted by Crippen LogP contribution is 2.30. The van der Waals surface area contributed by atoms with Crippen molar-refractivity contribution in [3.63, 3.8) is 0 Å². The molecule has 5 aromatic rings. The highest BCUT2D eigenvalue weighted by atomic mass is 35.5. The Balaban J connectivity index is 1.44. The van der Waals surface area contributed by atoms with Crippen LogP contribution in [0.15, 0.2) is 60.9 Å². The summed E-state index contributed by atoms with van der Waals surface area (Å²) in [5.41, 5.74) is 4.05. The van der Waals surface area contributed by atoms with Crippen LogP contribution < -0.4 is 5.32 Å². The first-order valence-electron chi connectivity index (χ1n) is 11.2. The summed E-state index contributed by atoms with van der Waals surface area (Å²) in [4.78, 5) is 24.9. The predicted octanol–water partition coefficient (Wildman–Crippen LogP) is 5.77. The van der Waals surface area contributed by atoms with Crippen molar-refractivity contribution in [2.24, 2.45) is 0 Å². The molecule has 5 rings (SSSR count). The minimum absolute atomic E-state index is 0.150. The lowest BCUT2D eigenvalue weighted by Crippen LogP contribution is -2.29. The zero-order valence-electron chi connectivity index (χ0n) is 19.4. The van der Waals surface area contributed by atoms with E-state index in [0.29, 0.717) is 11.5 Å². The number of aromatic amines is 1. The van der Waals surface area contributed by atoms with E-state index in [4.69, 9.17) is 23.2 Å². The number of benzene rings is 3. The van der Waals surface area contributed by atoms with Gasteiger partial charge in [-0.05, 0) is 61.4 Å². The SMILES string of the molecule is Cc1ncn(-c2cc(Cl)c(C(=O)NC[C@@H](c3cccc(F)c3)c3ccc4nc(C)[nH]c4c3)c(Cl)c2)n1. The average Bonchev–Trinajstić information content (AvgIpc) is 3.43. The molecular formula is C26H21Cl2FN6O. The summed E-state index contributed by atoms with van der Waals surface area (Å²) in [6, 6.07) is 15.3. The van der Waals surface area contributed by atoms with E-state index in [1.54, 1.807) is 31.5 Å². The smallest absolute Gasteiger partial charge is 0.254 e. The maximum Gasteiger partial charge on any atom is 0.254 e. The number of aryl methyl sites for hydroxylation is 2. The number of rotatable bonds is 6. The highest BCUT2D eigenvalue weighted by molar-refractivity contribution is 6.40. The van der Waals surface area contributed by atoms with Gasteiger partial charge in [0.1, 0.15) is 23.8 Å². The highest BCUT2D eigenvalue weighted by Gasteiger charge is 2.21. The van der Waals surface area contributed by atoms with Crippen LogP contribution in [-0.4, -0.2) is 37.2 Å². The summed E-state index contributed by atoms with van der Waals surface area (Å²) < 4.78 is 15.6. The predicted molar refractivity (Wildman–Crippen MR) is 138 cm³/mol. The van der Waals surface area contributed by atoms with Crippen LogP contribution >= 0.6 is 23.2 Å². The Hall–Kier alpha value is -3.75. The van der Waals surface area contributed by atoms with Gasteiger partial charge in [-0.15, -0.1) is 0 Å². The van der Waals surface area contributed by atoms with Crippen molar-refractivity contribution in [2.75, 3.05) is 6.54 Å². The number of carbonyl (C=O) groups is 1. The summed E-state index contributed by atoms with van der Waals surface area (Å²) in [6.07, 6.45) is 1.54. The number of fused-ring (bicyclic) bond motifs is 1. The minimum Gasteiger partial charge on any atom is -0.351 e. The Morgan fingerprint density at radius 3 is 2.53 bits per heavy atom. The Morgan fingerprint density at radius 1 is 1.08 bits per heavy atom. The number of halogens is 3. The molecular weight excluding hydrogens is 502 g/mol. The molecule has 2 N–H and O–H groups in total. The van der Waals surface area contributed by atoms with E-state index in [2.05, 4.69) is 25.4 Å². The third kappa shape index (κ3) is 4.82. The third-order valence-corrected chi connectivity index (χ3v) is 6.47. The number of carbonyl (C=O) groups excluding carboxylic acids is 1. The van der Waals surface area contributed by atoms with Gasteiger partial charge >= 0.3 is 0 Å². The van der Waals surface area contributed by atoms with E-state index in [0.717, 1.165) is 28.0 Å². The molecule has 0 fully saturated rings. The molecule has 0 aliphatic heterocycles. The van der Waals surface area contributed by atoms with E-state index in [1.807, 2.05) is 31.2 Å². The van der Waals surface area contributed by atoms with E-state index in [-0.39, 0.29) is 33.9 Å². The van der Waals surface area contributed by atoms with Crippen LogP contribution in [0.25, 0.3) is 16.7 Å². The van der Waals surface area contributed by atoms with Crippen molar-refractivity contribution in [1.82, 2.24) is 30.0 Å². The molecule has 10 heteroatoms. The first-order chi connectivity index (χ1) is 17.3. The Bertz CT molecular complexity index is 1570. The van der Waals surface area contributed by atoms with Crippen LogP contribution in [0.5, 0.6) is 0 Å². The van der Waals surface area contributed by atoms with Crippen molar-refractivity contribution < 1.29 is 9.18 Å². The van der Waals surface area contributed by atoms with Crippen molar-refractivity contribution >= 4 is 40.1 Å². The second-order valence-electron chi connectivity index (χ2n) is 8.44. The van der Waals surface area contributed by atoms with Gasteiger partial charge in [-0.1, -0.05) is 41.4 Å². The molecule has 0 aliphatic rings. The summed E-state index contributed by atoms with van der Waals surface area (Å²) in [5.74, 6) is 0.272. The molecule has 2 heterocycles. The van der Waals surface area contributed by atoms with Crippen LogP contribution in [0.2, 0.25) is 10.0 Å². The number of amides is 1. The molecule has 0 bridgehead atoms. The molecule has 3 aromatic carbocycles. The average molecular weight is 523 g/mol. The van der Waals surface area contributed by atoms with Crippen molar-refractivity contribution in [3.8, 4) is 5.69 Å². The normalized spacial score (nSPS) is 12.1. The zero-order chi connectivity index (χ0) is 25.4. The molecule has 1 amide bonds. The second-order valence-corrected chi connectivity index (χ2v) is 9.25. The topological polar surface area (TPSA) is 88.5 Å². The number of H-pyrrole nitrogens is 1. The summed E-state index contributed by atoms with van der Waals surface area (Å²) in [5, 5.41) is 7.53. The van der Waals surface area contributed by atoms with Crippen LogP contribution in [0.4, 0.5) is 4.39 Å². The van der Waals surface area contributed by atoms with Crippen molar-refractivity contribution in [3.05, 3.63) is 105 Å². The largest absolute Gasteiger partial charge is 0.351 e. The Kier molecular flexibility index (Phi) is 6.47. The Labute approximate surface area is 216 Å². The van der Waals surface area contributed by atoms with Gasteiger partial charge in [0.25, 0.3) is 5.91 Å². The molecule has 182 valence electrons. The van der Waals surface area contributed by atoms with Gasteiger partial charge in [0.05, 0.1) is 32.3 Å². The second kappa shape index (κ2) is 9.72. The number of hydrogen-bond donors (Lipinski definition) is 2. The Morgan fingerprint density at radius 2 is 1.83 bits per heavy atom. The molecule has 36 heavy (non-hydrogen) atoms. The first-order valence-corrected chi connectivity index (χ1v) is 11.9. The van der Waals surface area contributed by atoms with Crippen LogP contribution in [0.3, 0.4) is 0 Å². The number of aromatic nitrogens is 5. The molecule has 0 unspecified atom stereocenters. The van der Waals surface area contributed by atoms with Crippen molar-refractivity contribution in [2.45, 2.75) is 19.8 Å². The van der Waals surface area contributed by atoms with Gasteiger partial charge in [0.15, 0.2) is 0 Å². The molecule has 2 aromatic heterocycles. The fourth-order valence-electron chi connectivity index (χ4n) is 4.19. The minimum atomic E-state index is -0.439. The number of nitrogens with zero attached hydrogens (tertiary/aromatic N) is 4.